The molecule has 2 heterocycles. The maximum atomic E-state index is 13.3. The average molecular weight is 702 g/mol. The van der Waals surface area contributed by atoms with Gasteiger partial charge in [-0.05, 0) is 0 Å². The molecule has 10 N–H and O–H groups in total. The number of nitrogens with zero attached hydrogens (tertiary/aromatic N) is 1. The molecule has 0 bridgehead atoms. The van der Waals surface area contributed by atoms with E-state index in [1.54, 1.807) is 0 Å². The molecule has 0 saturated carbocycles. The molecule has 266 valence electrons. The highest BCUT2D eigenvalue weighted by Crippen LogP contribution is 2.03. The Kier molecular flexibility index (Phi) is 17.3. The molecule has 1 aliphatic rings. The number of imidazole rings is 1. The van der Waals surface area contributed by atoms with Gasteiger partial charge in [0.15, 0.2) is 0 Å². The van der Waals surface area contributed by atoms with Crippen LogP contribution < -0.4 is 37.2 Å². The van der Waals surface area contributed by atoms with Crippen LogP contribution in [0.3, 0.4) is 0 Å². The quantitative estimate of drug-likeness (QED) is 0.123. The predicted octanol–water partition coefficient (Wildman–Crippen LogP) is -6.32. The Morgan fingerprint density at radius 3 is 2.04 bits per heavy atom. The zero-order chi connectivity index (χ0) is 35.5. The molecule has 1 aliphatic heterocycles. The van der Waals surface area contributed by atoms with E-state index in [-0.39, 0.29) is 38.5 Å². The zero-order valence-electron chi connectivity index (χ0n) is 25.6. The van der Waals surface area contributed by atoms with Crippen molar-refractivity contribution in [3.05, 3.63) is 18.2 Å². The van der Waals surface area contributed by atoms with E-state index in [1.165, 1.54) is 12.5 Å². The first-order chi connectivity index (χ1) is 22.9. The lowest BCUT2D eigenvalue weighted by atomic mass is 10.1. The summed E-state index contributed by atoms with van der Waals surface area (Å²) in [5.74, 6) is -7.74. The highest BCUT2D eigenvalue weighted by Gasteiger charge is 2.31. The van der Waals surface area contributed by atoms with Gasteiger partial charge in [0, 0.05) is 30.6 Å². The largest absolute Gasteiger partial charge is 0.481 e. The Labute approximate surface area is 278 Å². The number of carbonyl (C=O) groups is 8. The summed E-state index contributed by atoms with van der Waals surface area (Å²) >= 11 is 4.05. The van der Waals surface area contributed by atoms with Crippen molar-refractivity contribution in [3.63, 3.8) is 0 Å². The van der Waals surface area contributed by atoms with Gasteiger partial charge in [-0.3, -0.25) is 38.4 Å². The number of carboxylic acid groups (broad SMARTS) is 1. The SMILES string of the molecule is O=C(O)C[C@@H]1NC(=O)[C@H](Cc2cnc[nH]2)NC(=O)CNC(=O)[C@H](CS)NC(=O)COCCOCCNC(=O)CNC(=O)[C@H](CO)NC1=O. The molecule has 0 aromatic carbocycles. The van der Waals surface area contributed by atoms with E-state index in [9.17, 15) is 48.6 Å². The molecule has 7 amide bonds. The van der Waals surface area contributed by atoms with Crippen molar-refractivity contribution < 1.29 is 58.0 Å². The van der Waals surface area contributed by atoms with E-state index in [0.717, 1.165) is 0 Å². The third-order valence-electron chi connectivity index (χ3n) is 6.31. The Balaban J connectivity index is 2.25. The van der Waals surface area contributed by atoms with Crippen LogP contribution in [0, 0.1) is 0 Å². The Morgan fingerprint density at radius 1 is 0.771 bits per heavy atom. The van der Waals surface area contributed by atoms with Gasteiger partial charge in [-0.2, -0.15) is 12.6 Å². The van der Waals surface area contributed by atoms with E-state index in [0.29, 0.717) is 5.69 Å². The van der Waals surface area contributed by atoms with Crippen LogP contribution >= 0.6 is 12.6 Å². The van der Waals surface area contributed by atoms with Crippen molar-refractivity contribution in [3.8, 4) is 0 Å². The first-order valence-corrected chi connectivity index (χ1v) is 15.1. The van der Waals surface area contributed by atoms with Gasteiger partial charge in [0.25, 0.3) is 0 Å². The fraction of sp³-hybridized carbons (Fsp3) is 0.577. The van der Waals surface area contributed by atoms with E-state index in [4.69, 9.17) is 9.47 Å². The summed E-state index contributed by atoms with van der Waals surface area (Å²) in [5.41, 5.74) is 0.363. The van der Waals surface area contributed by atoms with Gasteiger partial charge in [-0.15, -0.1) is 0 Å². The van der Waals surface area contributed by atoms with Gasteiger partial charge in [0.2, 0.25) is 41.4 Å². The molecule has 1 fully saturated rings. The highest BCUT2D eigenvalue weighted by molar-refractivity contribution is 7.80. The number of ether oxygens (including phenoxy) is 2. The minimum Gasteiger partial charge on any atom is -0.481 e. The van der Waals surface area contributed by atoms with E-state index in [1.807, 2.05) is 0 Å². The number of aliphatic hydroxyl groups is 1. The fourth-order valence-electron chi connectivity index (χ4n) is 3.91. The number of hydrogen-bond donors (Lipinski definition) is 11. The van der Waals surface area contributed by atoms with Gasteiger partial charge in [-0.25, -0.2) is 4.98 Å². The predicted molar refractivity (Wildman–Crippen MR) is 164 cm³/mol. The molecule has 48 heavy (non-hydrogen) atoms. The second-order valence-electron chi connectivity index (χ2n) is 10.1. The molecule has 2 rings (SSSR count). The van der Waals surface area contributed by atoms with Crippen LogP contribution in [0.25, 0.3) is 0 Å². The van der Waals surface area contributed by atoms with Gasteiger partial charge in [-0.1, -0.05) is 0 Å². The van der Waals surface area contributed by atoms with Crippen molar-refractivity contribution in [2.45, 2.75) is 37.0 Å². The van der Waals surface area contributed by atoms with Crippen LogP contribution in [0.15, 0.2) is 12.5 Å². The molecule has 0 radical (unpaired) electrons. The topological polar surface area (TPSA) is 308 Å². The molecule has 0 spiro atoms. The molecule has 0 unspecified atom stereocenters. The zero-order valence-corrected chi connectivity index (χ0v) is 26.5. The van der Waals surface area contributed by atoms with E-state index in [2.05, 4.69) is 59.8 Å². The lowest BCUT2D eigenvalue weighted by Crippen LogP contribution is -2.59. The molecule has 21 nitrogen and oxygen atoms in total. The molecule has 0 aliphatic carbocycles. The molecule has 1 aromatic heterocycles. The van der Waals surface area contributed by atoms with Crippen LogP contribution in [0.4, 0.5) is 0 Å². The summed E-state index contributed by atoms with van der Waals surface area (Å²) in [7, 11) is 0. The standard InChI is InChI=1S/C26H39N9O12S/c36-10-17-23(42)29-8-19(37)28-1-2-46-3-4-47-11-21(39)33-18(12-48)24(43)30-9-20(38)32-15(5-14-7-27-13-31-14)25(44)34-16(6-22(40)41)26(45)35-17/h7,13,15-18,36,48H,1-6,8-12H2,(H,27,31)(H,28,37)(H,29,42)(H,30,43)(H,32,38)(H,33,39)(H,34,44)(H,35,45)(H,40,41)/t15-,16-,17-,18-/m0/s1. The molecular formula is C26H39N9O12S. The Hall–Kier alpha value is -4.80. The van der Waals surface area contributed by atoms with Crippen molar-refractivity contribution >= 4 is 59.9 Å². The van der Waals surface area contributed by atoms with E-state index >= 15 is 0 Å². The van der Waals surface area contributed by atoms with Crippen molar-refractivity contribution in [2.75, 3.05) is 58.4 Å². The molecule has 1 saturated heterocycles. The number of H-pyrrole nitrogens is 1. The van der Waals surface area contributed by atoms with Crippen molar-refractivity contribution in [2.24, 2.45) is 0 Å². The summed E-state index contributed by atoms with van der Waals surface area (Å²) < 4.78 is 10.5. The molecule has 22 heteroatoms. The summed E-state index contributed by atoms with van der Waals surface area (Å²) in [4.78, 5) is 107. The summed E-state index contributed by atoms with van der Waals surface area (Å²) in [5, 5.41) is 35.2. The average Bonchev–Trinajstić information content (AvgIpc) is 3.56. The van der Waals surface area contributed by atoms with Crippen molar-refractivity contribution in [1.29, 1.82) is 0 Å². The van der Waals surface area contributed by atoms with Gasteiger partial charge >= 0.3 is 5.97 Å². The monoisotopic (exact) mass is 701 g/mol. The first kappa shape index (κ1) is 39.4. The summed E-state index contributed by atoms with van der Waals surface area (Å²) in [6, 6.07) is -6.00. The highest BCUT2D eigenvalue weighted by atomic mass is 32.1. The normalized spacial score (nSPS) is 24.0. The number of carboxylic acids is 1. The number of carbonyl (C=O) groups excluding carboxylic acids is 7. The maximum absolute atomic E-state index is 13.3. The van der Waals surface area contributed by atoms with E-state index < -0.39 is 104 Å². The van der Waals surface area contributed by atoms with Crippen LogP contribution in [0.1, 0.15) is 12.1 Å². The molecular weight excluding hydrogens is 662 g/mol. The van der Waals surface area contributed by atoms with Crippen LogP contribution in [-0.4, -0.2) is 150 Å². The number of nitrogens with one attached hydrogen (secondary N) is 8. The maximum Gasteiger partial charge on any atom is 0.305 e. The number of rotatable bonds is 6. The molecule has 1 aromatic rings. The summed E-state index contributed by atoms with van der Waals surface area (Å²) in [6.45, 7) is -2.39. The third-order valence-corrected chi connectivity index (χ3v) is 6.68. The van der Waals surface area contributed by atoms with Gasteiger partial charge < -0.3 is 61.9 Å². The minimum absolute atomic E-state index is 0.00418. The van der Waals surface area contributed by atoms with Crippen LogP contribution in [0.5, 0.6) is 0 Å². The number of amides is 7. The number of aromatic nitrogens is 2. The Morgan fingerprint density at radius 2 is 1.40 bits per heavy atom. The van der Waals surface area contributed by atoms with Gasteiger partial charge in [0.1, 0.15) is 30.8 Å². The number of thiol groups is 1. The molecule has 4 atom stereocenters. The fourth-order valence-corrected chi connectivity index (χ4v) is 4.17. The first-order valence-electron chi connectivity index (χ1n) is 14.5. The second-order valence-corrected chi connectivity index (χ2v) is 10.4. The minimum atomic E-state index is -1.78. The van der Waals surface area contributed by atoms with Crippen LogP contribution in [0.2, 0.25) is 0 Å². The number of aliphatic carboxylic acids is 1. The summed E-state index contributed by atoms with van der Waals surface area (Å²) in [6.07, 6.45) is 1.48. The number of aromatic amines is 1. The smallest absolute Gasteiger partial charge is 0.305 e. The van der Waals surface area contributed by atoms with Crippen molar-refractivity contribution in [1.82, 2.24) is 47.2 Å². The second kappa shape index (κ2) is 21.1. The number of aliphatic hydroxyl groups excluding tert-OH is 1. The Bertz CT molecular complexity index is 1280. The number of hydrogen-bond acceptors (Lipinski definition) is 13. The van der Waals surface area contributed by atoms with Crippen LogP contribution in [-0.2, 0) is 54.3 Å². The third kappa shape index (κ3) is 14.7. The lowest BCUT2D eigenvalue weighted by Gasteiger charge is -2.24. The van der Waals surface area contributed by atoms with Gasteiger partial charge in [0.05, 0.1) is 52.3 Å². The lowest BCUT2D eigenvalue weighted by molar-refractivity contribution is -0.141.